The average molecular weight is 326 g/mol. The molecule has 0 amide bonds. The van der Waals surface area contributed by atoms with E-state index in [0.717, 1.165) is 24.5 Å². The molecule has 1 spiro atoms. The van der Waals surface area contributed by atoms with Gasteiger partial charge in [-0.25, -0.2) is 0 Å². The van der Waals surface area contributed by atoms with Crippen molar-refractivity contribution in [3.05, 3.63) is 34.9 Å². The van der Waals surface area contributed by atoms with Crippen molar-refractivity contribution in [1.29, 1.82) is 0 Å². The molecule has 2 atom stereocenters. The van der Waals surface area contributed by atoms with Crippen molar-refractivity contribution in [3.8, 4) is 0 Å². The second-order valence-electron chi connectivity index (χ2n) is 6.28. The van der Waals surface area contributed by atoms with E-state index in [1.807, 2.05) is 12.1 Å². The molecule has 3 rings (SSSR count). The fourth-order valence-electron chi connectivity index (χ4n) is 3.49. The molecule has 1 aromatic carbocycles. The molecule has 0 saturated carbocycles. The Balaban J connectivity index is 1.61. The van der Waals surface area contributed by atoms with Gasteiger partial charge in [0.05, 0.1) is 5.60 Å². The lowest BCUT2D eigenvalue weighted by Gasteiger charge is -2.44. The number of ether oxygens (including phenoxy) is 1. The van der Waals surface area contributed by atoms with Crippen LogP contribution >= 0.6 is 23.4 Å². The van der Waals surface area contributed by atoms with E-state index >= 15 is 0 Å². The molecule has 2 saturated heterocycles. The van der Waals surface area contributed by atoms with Gasteiger partial charge in [-0.05, 0) is 61.8 Å². The van der Waals surface area contributed by atoms with Gasteiger partial charge in [-0.2, -0.15) is 11.8 Å². The Morgan fingerprint density at radius 1 is 1.38 bits per heavy atom. The van der Waals surface area contributed by atoms with Crippen LogP contribution in [0.2, 0.25) is 5.02 Å². The van der Waals surface area contributed by atoms with Gasteiger partial charge in [0.1, 0.15) is 0 Å². The summed E-state index contributed by atoms with van der Waals surface area (Å²) in [4.78, 5) is 0. The molecule has 116 valence electrons. The Morgan fingerprint density at radius 3 is 2.95 bits per heavy atom. The van der Waals surface area contributed by atoms with Gasteiger partial charge in [0, 0.05) is 23.7 Å². The zero-order valence-electron chi connectivity index (χ0n) is 12.6. The summed E-state index contributed by atoms with van der Waals surface area (Å²) in [5.74, 6) is 2.49. The minimum absolute atomic E-state index is 0.148. The predicted octanol–water partition coefficient (Wildman–Crippen LogP) is 4.44. The van der Waals surface area contributed by atoms with E-state index in [1.54, 1.807) is 0 Å². The van der Waals surface area contributed by atoms with E-state index in [2.05, 4.69) is 36.1 Å². The first-order valence-corrected chi connectivity index (χ1v) is 9.43. The van der Waals surface area contributed by atoms with Gasteiger partial charge in [0.2, 0.25) is 0 Å². The molecular formula is C17H24ClNOS. The predicted molar refractivity (Wildman–Crippen MR) is 91.3 cm³/mol. The molecule has 1 aromatic rings. The average Bonchev–Trinajstić information content (AvgIpc) is 2.48. The van der Waals surface area contributed by atoms with Crippen molar-refractivity contribution in [2.75, 3.05) is 18.1 Å². The number of hydrogen-bond donors (Lipinski definition) is 1. The lowest BCUT2D eigenvalue weighted by atomic mass is 9.85. The van der Waals surface area contributed by atoms with Crippen LogP contribution in [0.5, 0.6) is 0 Å². The van der Waals surface area contributed by atoms with Crippen molar-refractivity contribution >= 4 is 23.4 Å². The number of hydrogen-bond acceptors (Lipinski definition) is 3. The maximum atomic E-state index is 6.17. The molecular weight excluding hydrogens is 302 g/mol. The van der Waals surface area contributed by atoms with Gasteiger partial charge in [0.15, 0.2) is 0 Å². The normalized spacial score (nSPS) is 26.7. The largest absolute Gasteiger partial charge is 0.375 e. The summed E-state index contributed by atoms with van der Waals surface area (Å²) in [6, 6.07) is 9.06. The number of thioether (sulfide) groups is 1. The second kappa shape index (κ2) is 6.91. The summed E-state index contributed by atoms with van der Waals surface area (Å²) in [5, 5.41) is 4.60. The molecule has 2 heterocycles. The molecule has 4 heteroatoms. The molecule has 0 aromatic heterocycles. The quantitative estimate of drug-likeness (QED) is 0.888. The van der Waals surface area contributed by atoms with Gasteiger partial charge in [-0.15, -0.1) is 0 Å². The number of rotatable bonds is 3. The highest BCUT2D eigenvalue weighted by Crippen LogP contribution is 2.38. The monoisotopic (exact) mass is 325 g/mol. The van der Waals surface area contributed by atoms with Crippen molar-refractivity contribution in [2.45, 2.75) is 50.3 Å². The lowest BCUT2D eigenvalue weighted by molar-refractivity contribution is -0.0940. The second-order valence-corrected chi connectivity index (χ2v) is 7.94. The molecule has 1 unspecified atom stereocenters. The van der Waals surface area contributed by atoms with E-state index in [0.29, 0.717) is 12.1 Å². The summed E-state index contributed by atoms with van der Waals surface area (Å²) in [6.45, 7) is 3.12. The maximum Gasteiger partial charge on any atom is 0.0713 e. The van der Waals surface area contributed by atoms with Crippen LogP contribution in [-0.2, 0) is 4.74 Å². The van der Waals surface area contributed by atoms with Crippen molar-refractivity contribution in [1.82, 2.24) is 5.32 Å². The summed E-state index contributed by atoms with van der Waals surface area (Å²) >= 11 is 8.16. The smallest absolute Gasteiger partial charge is 0.0713 e. The molecule has 21 heavy (non-hydrogen) atoms. The fraction of sp³-hybridized carbons (Fsp3) is 0.647. The van der Waals surface area contributed by atoms with E-state index in [4.69, 9.17) is 16.3 Å². The first-order valence-electron chi connectivity index (χ1n) is 7.90. The van der Waals surface area contributed by atoms with Gasteiger partial charge >= 0.3 is 0 Å². The van der Waals surface area contributed by atoms with Crippen LogP contribution in [0.3, 0.4) is 0 Å². The van der Waals surface area contributed by atoms with Crippen molar-refractivity contribution in [2.24, 2.45) is 0 Å². The van der Waals surface area contributed by atoms with Crippen molar-refractivity contribution < 1.29 is 4.74 Å². The highest BCUT2D eigenvalue weighted by Gasteiger charge is 2.38. The minimum atomic E-state index is 0.148. The minimum Gasteiger partial charge on any atom is -0.375 e. The van der Waals surface area contributed by atoms with Crippen LogP contribution in [0, 0.1) is 0 Å². The summed E-state index contributed by atoms with van der Waals surface area (Å²) < 4.78 is 6.17. The highest BCUT2D eigenvalue weighted by atomic mass is 35.5. The molecule has 2 aliphatic rings. The number of benzene rings is 1. The first-order chi connectivity index (χ1) is 10.2. The third-order valence-electron chi connectivity index (χ3n) is 4.73. The summed E-state index contributed by atoms with van der Waals surface area (Å²) in [5.41, 5.74) is 1.41. The lowest BCUT2D eigenvalue weighted by Crippen LogP contribution is -2.49. The molecule has 0 bridgehead atoms. The SMILES string of the molecule is C[C@@H](NC1CCOC2(CCSCC2)C1)c1cccc(Cl)c1. The van der Waals surface area contributed by atoms with Gasteiger partial charge in [-0.3, -0.25) is 0 Å². The third-order valence-corrected chi connectivity index (χ3v) is 5.95. The highest BCUT2D eigenvalue weighted by molar-refractivity contribution is 7.99. The molecule has 2 nitrogen and oxygen atoms in total. The molecule has 0 aliphatic carbocycles. The van der Waals surface area contributed by atoms with Gasteiger partial charge in [0.25, 0.3) is 0 Å². The maximum absolute atomic E-state index is 6.17. The van der Waals surface area contributed by atoms with E-state index in [1.165, 1.54) is 29.9 Å². The van der Waals surface area contributed by atoms with Crippen LogP contribution < -0.4 is 5.32 Å². The Hall–Kier alpha value is -0.220. The standard InChI is InChI=1S/C17H24ClNOS/c1-13(14-3-2-4-15(18)11-14)19-16-5-8-20-17(12-16)6-9-21-10-7-17/h2-4,11,13,16,19H,5-10,12H2,1H3/t13-,16?/m1/s1. The van der Waals surface area contributed by atoms with Crippen LogP contribution in [0.4, 0.5) is 0 Å². The summed E-state index contributed by atoms with van der Waals surface area (Å²) in [6.07, 6.45) is 4.68. The Bertz CT molecular complexity index is 470. The Kier molecular flexibility index (Phi) is 5.15. The topological polar surface area (TPSA) is 21.3 Å². The zero-order valence-corrected chi connectivity index (χ0v) is 14.2. The van der Waals surface area contributed by atoms with Crippen LogP contribution in [-0.4, -0.2) is 29.8 Å². The van der Waals surface area contributed by atoms with E-state index in [9.17, 15) is 0 Å². The van der Waals surface area contributed by atoms with Gasteiger partial charge in [-0.1, -0.05) is 23.7 Å². The Labute approximate surface area is 137 Å². The molecule has 1 N–H and O–H groups in total. The molecule has 2 aliphatic heterocycles. The van der Waals surface area contributed by atoms with Gasteiger partial charge < -0.3 is 10.1 Å². The molecule has 2 fully saturated rings. The first kappa shape index (κ1) is 15.7. The Morgan fingerprint density at radius 2 is 2.19 bits per heavy atom. The zero-order chi connectivity index (χ0) is 14.7. The van der Waals surface area contributed by atoms with Crippen molar-refractivity contribution in [3.63, 3.8) is 0 Å². The molecule has 0 radical (unpaired) electrons. The van der Waals surface area contributed by atoms with E-state index in [-0.39, 0.29) is 5.60 Å². The van der Waals surface area contributed by atoms with E-state index < -0.39 is 0 Å². The third kappa shape index (κ3) is 3.95. The number of nitrogens with one attached hydrogen (secondary N) is 1. The van der Waals surface area contributed by atoms with Crippen LogP contribution in [0.15, 0.2) is 24.3 Å². The van der Waals surface area contributed by atoms with Crippen LogP contribution in [0.25, 0.3) is 0 Å². The summed E-state index contributed by atoms with van der Waals surface area (Å²) in [7, 11) is 0. The fourth-order valence-corrected chi connectivity index (χ4v) is 4.92. The number of halogens is 1. The van der Waals surface area contributed by atoms with Crippen LogP contribution in [0.1, 0.15) is 44.2 Å².